The van der Waals surface area contributed by atoms with Gasteiger partial charge in [-0.1, -0.05) is 13.8 Å². The van der Waals surface area contributed by atoms with E-state index in [1.165, 1.54) is 0 Å². The van der Waals surface area contributed by atoms with Crippen LogP contribution in [0.3, 0.4) is 0 Å². The van der Waals surface area contributed by atoms with Crippen LogP contribution in [0.1, 0.15) is 33.1 Å². The molecule has 1 amide bonds. The van der Waals surface area contributed by atoms with Crippen molar-refractivity contribution in [3.8, 4) is 0 Å². The maximum absolute atomic E-state index is 11.7. The molecule has 0 atom stereocenters. The van der Waals surface area contributed by atoms with Crippen LogP contribution in [0.4, 0.5) is 0 Å². The highest BCUT2D eigenvalue weighted by Gasteiger charge is 2.25. The predicted molar refractivity (Wildman–Crippen MR) is 64.6 cm³/mol. The number of carbonyl (C=O) groups excluding carboxylic acids is 1. The molecular weight excluding hydrogens is 226 g/mol. The molecule has 0 radical (unpaired) electrons. The molecule has 1 aliphatic heterocycles. The Bertz CT molecular complexity index is 278. The summed E-state index contributed by atoms with van der Waals surface area (Å²) in [5.41, 5.74) is 0. The van der Waals surface area contributed by atoms with E-state index in [-0.39, 0.29) is 23.5 Å². The van der Waals surface area contributed by atoms with Crippen molar-refractivity contribution >= 4 is 23.6 Å². The van der Waals surface area contributed by atoms with Gasteiger partial charge < -0.3 is 10.0 Å². The van der Waals surface area contributed by atoms with E-state index >= 15 is 0 Å². The standard InChI is InChI=1S/C11H19NO3S/c1-11(2)5-6-12(7-8-16-11)9(13)3-4-10(14)15/h3-8H2,1-2H3,(H,14,15). The molecule has 1 fully saturated rings. The Labute approximate surface area is 100 Å². The van der Waals surface area contributed by atoms with Gasteiger partial charge in [0.2, 0.25) is 5.91 Å². The van der Waals surface area contributed by atoms with Crippen LogP contribution in [0.25, 0.3) is 0 Å². The van der Waals surface area contributed by atoms with Gasteiger partial charge in [0.1, 0.15) is 0 Å². The molecule has 0 bridgehead atoms. The minimum absolute atomic E-state index is 0.0271. The maximum atomic E-state index is 11.7. The SMILES string of the molecule is CC1(C)CCN(C(=O)CCC(=O)O)CCS1. The number of carboxylic acid groups (broad SMARTS) is 1. The van der Waals surface area contributed by atoms with E-state index in [4.69, 9.17) is 5.11 Å². The minimum Gasteiger partial charge on any atom is -0.481 e. The number of rotatable bonds is 3. The second-order valence-electron chi connectivity index (χ2n) is 4.63. The zero-order valence-electron chi connectivity index (χ0n) is 9.86. The number of carboxylic acids is 1. The van der Waals surface area contributed by atoms with Crippen molar-refractivity contribution in [3.63, 3.8) is 0 Å². The minimum atomic E-state index is -0.905. The van der Waals surface area contributed by atoms with Gasteiger partial charge in [0, 0.05) is 30.0 Å². The van der Waals surface area contributed by atoms with Gasteiger partial charge in [0.25, 0.3) is 0 Å². The summed E-state index contributed by atoms with van der Waals surface area (Å²) >= 11 is 1.88. The Kier molecular flexibility index (Phi) is 4.65. The fourth-order valence-electron chi connectivity index (χ4n) is 1.64. The molecule has 1 N–H and O–H groups in total. The third-order valence-electron chi connectivity index (χ3n) is 2.74. The average Bonchev–Trinajstić information content (AvgIpc) is 2.35. The zero-order chi connectivity index (χ0) is 12.2. The van der Waals surface area contributed by atoms with E-state index in [1.807, 2.05) is 11.8 Å². The Balaban J connectivity index is 2.42. The summed E-state index contributed by atoms with van der Waals surface area (Å²) in [5.74, 6) is 0.00445. The van der Waals surface area contributed by atoms with Crippen molar-refractivity contribution in [3.05, 3.63) is 0 Å². The van der Waals surface area contributed by atoms with Crippen molar-refractivity contribution in [1.82, 2.24) is 4.90 Å². The molecule has 1 aliphatic rings. The number of amides is 1. The topological polar surface area (TPSA) is 57.6 Å². The van der Waals surface area contributed by atoms with E-state index in [0.29, 0.717) is 0 Å². The quantitative estimate of drug-likeness (QED) is 0.820. The lowest BCUT2D eigenvalue weighted by atomic mass is 10.1. The van der Waals surface area contributed by atoms with E-state index in [9.17, 15) is 9.59 Å². The molecule has 0 aromatic rings. The number of aliphatic carboxylic acids is 1. The molecule has 0 aliphatic carbocycles. The lowest BCUT2D eigenvalue weighted by Crippen LogP contribution is -2.33. The van der Waals surface area contributed by atoms with Crippen LogP contribution in [0, 0.1) is 0 Å². The van der Waals surface area contributed by atoms with E-state index in [2.05, 4.69) is 13.8 Å². The molecule has 92 valence electrons. The average molecular weight is 245 g/mol. The van der Waals surface area contributed by atoms with Gasteiger partial charge >= 0.3 is 5.97 Å². The van der Waals surface area contributed by atoms with Gasteiger partial charge in [-0.25, -0.2) is 0 Å². The molecule has 0 aromatic carbocycles. The molecule has 1 saturated heterocycles. The van der Waals surface area contributed by atoms with E-state index in [0.717, 1.165) is 25.3 Å². The maximum Gasteiger partial charge on any atom is 0.303 e. The van der Waals surface area contributed by atoms with Crippen LogP contribution >= 0.6 is 11.8 Å². The lowest BCUT2D eigenvalue weighted by molar-refractivity contribution is -0.140. The first kappa shape index (κ1) is 13.4. The number of hydrogen-bond donors (Lipinski definition) is 1. The lowest BCUT2D eigenvalue weighted by Gasteiger charge is -2.22. The largest absolute Gasteiger partial charge is 0.481 e. The molecule has 0 unspecified atom stereocenters. The second-order valence-corrected chi connectivity index (χ2v) is 6.43. The molecule has 4 nitrogen and oxygen atoms in total. The first-order valence-corrected chi connectivity index (χ1v) is 6.53. The predicted octanol–water partition coefficient (Wildman–Crippen LogP) is 1.60. The highest BCUT2D eigenvalue weighted by atomic mass is 32.2. The molecule has 1 heterocycles. The number of thioether (sulfide) groups is 1. The van der Waals surface area contributed by atoms with Crippen LogP contribution in [-0.2, 0) is 9.59 Å². The first-order valence-electron chi connectivity index (χ1n) is 5.54. The van der Waals surface area contributed by atoms with Gasteiger partial charge in [-0.15, -0.1) is 0 Å². The van der Waals surface area contributed by atoms with Crippen LogP contribution in [0.2, 0.25) is 0 Å². The summed E-state index contributed by atoms with van der Waals surface area (Å²) in [6, 6.07) is 0. The third kappa shape index (κ3) is 4.43. The number of hydrogen-bond acceptors (Lipinski definition) is 3. The van der Waals surface area contributed by atoms with Crippen molar-refractivity contribution in [2.45, 2.75) is 37.9 Å². The molecule has 0 saturated carbocycles. The van der Waals surface area contributed by atoms with Crippen molar-refractivity contribution in [2.75, 3.05) is 18.8 Å². The molecule has 0 aromatic heterocycles. The van der Waals surface area contributed by atoms with E-state index < -0.39 is 5.97 Å². The Morgan fingerprint density at radius 3 is 2.62 bits per heavy atom. The fourth-order valence-corrected chi connectivity index (χ4v) is 2.74. The summed E-state index contributed by atoms with van der Waals surface area (Å²) in [6.07, 6.45) is 1.03. The number of nitrogens with zero attached hydrogens (tertiary/aromatic N) is 1. The van der Waals surface area contributed by atoms with Crippen LogP contribution < -0.4 is 0 Å². The molecule has 0 spiro atoms. The van der Waals surface area contributed by atoms with Crippen molar-refractivity contribution in [1.29, 1.82) is 0 Å². The van der Waals surface area contributed by atoms with Gasteiger partial charge in [0.15, 0.2) is 0 Å². The van der Waals surface area contributed by atoms with Crippen LogP contribution in [-0.4, -0.2) is 45.5 Å². The molecule has 1 rings (SSSR count). The van der Waals surface area contributed by atoms with Crippen molar-refractivity contribution in [2.24, 2.45) is 0 Å². The Morgan fingerprint density at radius 1 is 1.31 bits per heavy atom. The Hall–Kier alpha value is -0.710. The Morgan fingerprint density at radius 2 is 2.00 bits per heavy atom. The molecule has 5 heteroatoms. The number of carbonyl (C=O) groups is 2. The first-order chi connectivity index (χ1) is 7.41. The summed E-state index contributed by atoms with van der Waals surface area (Å²) < 4.78 is 0.224. The molecule has 16 heavy (non-hydrogen) atoms. The van der Waals surface area contributed by atoms with Crippen LogP contribution in [0.15, 0.2) is 0 Å². The fraction of sp³-hybridized carbons (Fsp3) is 0.818. The highest BCUT2D eigenvalue weighted by molar-refractivity contribution is 8.00. The summed E-state index contributed by atoms with van der Waals surface area (Å²) in [7, 11) is 0. The molecular formula is C11H19NO3S. The van der Waals surface area contributed by atoms with Gasteiger partial charge in [-0.2, -0.15) is 11.8 Å². The van der Waals surface area contributed by atoms with Crippen molar-refractivity contribution < 1.29 is 14.7 Å². The zero-order valence-corrected chi connectivity index (χ0v) is 10.7. The van der Waals surface area contributed by atoms with Gasteiger partial charge in [-0.05, 0) is 6.42 Å². The summed E-state index contributed by atoms with van der Waals surface area (Å²) in [4.78, 5) is 23.9. The van der Waals surface area contributed by atoms with Gasteiger partial charge in [0.05, 0.1) is 6.42 Å². The highest BCUT2D eigenvalue weighted by Crippen LogP contribution is 2.30. The van der Waals surface area contributed by atoms with Gasteiger partial charge in [-0.3, -0.25) is 9.59 Å². The van der Waals surface area contributed by atoms with E-state index in [1.54, 1.807) is 4.90 Å². The van der Waals surface area contributed by atoms with Crippen LogP contribution in [0.5, 0.6) is 0 Å². The summed E-state index contributed by atoms with van der Waals surface area (Å²) in [6.45, 7) is 5.86. The monoisotopic (exact) mass is 245 g/mol. The smallest absolute Gasteiger partial charge is 0.303 e. The summed E-state index contributed by atoms with van der Waals surface area (Å²) in [5, 5.41) is 8.52. The normalized spacial score (nSPS) is 20.2. The third-order valence-corrected chi connectivity index (χ3v) is 4.12. The second kappa shape index (κ2) is 5.57.